The number of ether oxygens (including phenoxy) is 1. The van der Waals surface area contributed by atoms with E-state index in [0.717, 1.165) is 45.0 Å². The summed E-state index contributed by atoms with van der Waals surface area (Å²) in [6.07, 6.45) is 4.92. The average Bonchev–Trinajstić information content (AvgIpc) is 3.10. The molecule has 1 aromatic heterocycles. The largest absolute Gasteiger partial charge is 0.374 e. The topological polar surface area (TPSA) is 53.2 Å². The summed E-state index contributed by atoms with van der Waals surface area (Å²) in [5.41, 5.74) is 1.37. The number of nitrogens with one attached hydrogen (secondary N) is 2. The van der Waals surface area contributed by atoms with Crippen LogP contribution in [0.25, 0.3) is 0 Å². The second kappa shape index (κ2) is 8.24. The van der Waals surface area contributed by atoms with E-state index >= 15 is 0 Å². The first-order valence-electron chi connectivity index (χ1n) is 8.44. The van der Waals surface area contributed by atoms with Crippen LogP contribution in [0.4, 0.5) is 0 Å². The Labute approximate surface area is 138 Å². The molecule has 1 aromatic carbocycles. The van der Waals surface area contributed by atoms with Crippen molar-refractivity contribution in [3.05, 3.63) is 54.1 Å². The molecule has 0 aliphatic carbocycles. The van der Waals surface area contributed by atoms with Crippen molar-refractivity contribution in [3.63, 3.8) is 0 Å². The van der Waals surface area contributed by atoms with Gasteiger partial charge in [0.1, 0.15) is 5.82 Å². The third kappa shape index (κ3) is 4.64. The quantitative estimate of drug-likeness (QED) is 0.822. The molecular weight excluding hydrogens is 288 g/mol. The van der Waals surface area contributed by atoms with Crippen LogP contribution in [0.2, 0.25) is 0 Å². The number of rotatable bonds is 7. The summed E-state index contributed by atoms with van der Waals surface area (Å²) < 4.78 is 6.03. The number of imidazole rings is 1. The molecule has 5 nitrogen and oxygen atoms in total. The van der Waals surface area contributed by atoms with E-state index in [1.165, 1.54) is 5.56 Å². The van der Waals surface area contributed by atoms with Crippen molar-refractivity contribution in [1.29, 1.82) is 0 Å². The fourth-order valence-corrected chi connectivity index (χ4v) is 3.12. The van der Waals surface area contributed by atoms with Crippen LogP contribution >= 0.6 is 0 Å². The summed E-state index contributed by atoms with van der Waals surface area (Å²) >= 11 is 0. The second-order valence-electron chi connectivity index (χ2n) is 6.06. The number of morpholine rings is 1. The zero-order valence-corrected chi connectivity index (χ0v) is 13.7. The summed E-state index contributed by atoms with van der Waals surface area (Å²) in [6, 6.07) is 11.0. The number of hydrogen-bond donors (Lipinski definition) is 2. The normalized spacial score (nSPS) is 20.5. The number of H-pyrrole nitrogens is 1. The maximum atomic E-state index is 6.03. The summed E-state index contributed by atoms with van der Waals surface area (Å²) in [6.45, 7) is 6.73. The van der Waals surface area contributed by atoms with Gasteiger partial charge in [-0.25, -0.2) is 4.98 Å². The van der Waals surface area contributed by atoms with Gasteiger partial charge in [0.2, 0.25) is 0 Å². The molecule has 1 aliphatic rings. The van der Waals surface area contributed by atoms with Gasteiger partial charge < -0.3 is 15.0 Å². The highest BCUT2D eigenvalue weighted by Gasteiger charge is 2.27. The maximum absolute atomic E-state index is 6.03. The Kier molecular flexibility index (Phi) is 5.80. The highest BCUT2D eigenvalue weighted by Crippen LogP contribution is 2.14. The summed E-state index contributed by atoms with van der Waals surface area (Å²) in [7, 11) is 0. The molecule has 0 saturated carbocycles. The Morgan fingerprint density at radius 3 is 3.00 bits per heavy atom. The lowest BCUT2D eigenvalue weighted by Crippen LogP contribution is -2.51. The zero-order valence-electron chi connectivity index (χ0n) is 13.7. The lowest BCUT2D eigenvalue weighted by molar-refractivity contribution is -0.0499. The monoisotopic (exact) mass is 314 g/mol. The van der Waals surface area contributed by atoms with Crippen LogP contribution < -0.4 is 5.32 Å². The molecule has 2 unspecified atom stereocenters. The zero-order chi connectivity index (χ0) is 15.9. The smallest absolute Gasteiger partial charge is 0.120 e. The van der Waals surface area contributed by atoms with Gasteiger partial charge in [0.25, 0.3) is 0 Å². The molecule has 0 radical (unpaired) electrons. The highest BCUT2D eigenvalue weighted by atomic mass is 16.5. The minimum Gasteiger partial charge on any atom is -0.374 e. The van der Waals surface area contributed by atoms with Gasteiger partial charge in [-0.1, -0.05) is 37.3 Å². The molecule has 0 bridgehead atoms. The van der Waals surface area contributed by atoms with Gasteiger partial charge in [0, 0.05) is 38.1 Å². The van der Waals surface area contributed by atoms with Crippen LogP contribution in [0.3, 0.4) is 0 Å². The molecule has 2 atom stereocenters. The molecular formula is C18H26N4O. The molecule has 0 spiro atoms. The van der Waals surface area contributed by atoms with E-state index < -0.39 is 0 Å². The summed E-state index contributed by atoms with van der Waals surface area (Å²) in [4.78, 5) is 9.89. The molecule has 124 valence electrons. The van der Waals surface area contributed by atoms with E-state index in [0.29, 0.717) is 6.04 Å². The van der Waals surface area contributed by atoms with E-state index in [2.05, 4.69) is 57.4 Å². The minimum atomic E-state index is 0.229. The van der Waals surface area contributed by atoms with Crippen LogP contribution in [-0.2, 0) is 17.8 Å². The average molecular weight is 314 g/mol. The van der Waals surface area contributed by atoms with Crippen LogP contribution in [0.1, 0.15) is 24.7 Å². The summed E-state index contributed by atoms with van der Waals surface area (Å²) in [5.74, 6) is 0.973. The van der Waals surface area contributed by atoms with Crippen molar-refractivity contribution in [2.45, 2.75) is 38.6 Å². The maximum Gasteiger partial charge on any atom is 0.120 e. The standard InChI is InChI=1S/C18H26N4O/c1-2-16(21-12-18-19-8-9-20-18)17-14-22(10-11-23-17)13-15-6-4-3-5-7-15/h3-9,16-17,21H,2,10-14H2,1H3,(H,19,20). The number of nitrogens with zero attached hydrogens (tertiary/aromatic N) is 2. The van der Waals surface area contributed by atoms with Gasteiger partial charge in [-0.05, 0) is 12.0 Å². The van der Waals surface area contributed by atoms with Crippen molar-refractivity contribution in [3.8, 4) is 0 Å². The molecule has 2 N–H and O–H groups in total. The number of aromatic amines is 1. The van der Waals surface area contributed by atoms with Gasteiger partial charge in [-0.2, -0.15) is 0 Å². The van der Waals surface area contributed by atoms with Gasteiger partial charge in [-0.3, -0.25) is 4.90 Å². The molecule has 3 rings (SSSR count). The van der Waals surface area contributed by atoms with Gasteiger partial charge in [0.15, 0.2) is 0 Å². The number of hydrogen-bond acceptors (Lipinski definition) is 4. The first kappa shape index (κ1) is 16.2. The van der Waals surface area contributed by atoms with E-state index in [9.17, 15) is 0 Å². The lowest BCUT2D eigenvalue weighted by atomic mass is 10.1. The highest BCUT2D eigenvalue weighted by molar-refractivity contribution is 5.14. The van der Waals surface area contributed by atoms with Gasteiger partial charge >= 0.3 is 0 Å². The minimum absolute atomic E-state index is 0.229. The Morgan fingerprint density at radius 2 is 2.26 bits per heavy atom. The first-order chi connectivity index (χ1) is 11.3. The fraction of sp³-hybridized carbons (Fsp3) is 0.500. The number of aromatic nitrogens is 2. The van der Waals surface area contributed by atoms with Gasteiger partial charge in [0.05, 0.1) is 19.3 Å². The first-order valence-corrected chi connectivity index (χ1v) is 8.44. The fourth-order valence-electron chi connectivity index (χ4n) is 3.12. The van der Waals surface area contributed by atoms with Crippen LogP contribution in [0, 0.1) is 0 Å². The van der Waals surface area contributed by atoms with Crippen molar-refractivity contribution in [2.75, 3.05) is 19.7 Å². The second-order valence-corrected chi connectivity index (χ2v) is 6.06. The van der Waals surface area contributed by atoms with E-state index in [1.54, 1.807) is 6.20 Å². The molecule has 0 amide bonds. The SMILES string of the molecule is CCC(NCc1ncc[nH]1)C1CN(Cc2ccccc2)CCO1. The van der Waals surface area contributed by atoms with E-state index in [-0.39, 0.29) is 6.10 Å². The molecule has 2 heterocycles. The molecule has 23 heavy (non-hydrogen) atoms. The predicted molar refractivity (Wildman–Crippen MR) is 91.0 cm³/mol. The molecule has 1 saturated heterocycles. The van der Waals surface area contributed by atoms with Crippen LogP contribution in [0.5, 0.6) is 0 Å². The van der Waals surface area contributed by atoms with Crippen molar-refractivity contribution < 1.29 is 4.74 Å². The van der Waals surface area contributed by atoms with Crippen LogP contribution in [-0.4, -0.2) is 46.7 Å². The summed E-state index contributed by atoms with van der Waals surface area (Å²) in [5, 5.41) is 3.58. The lowest BCUT2D eigenvalue weighted by Gasteiger charge is -2.37. The Balaban J connectivity index is 1.53. The van der Waals surface area contributed by atoms with Crippen molar-refractivity contribution in [2.24, 2.45) is 0 Å². The third-order valence-electron chi connectivity index (χ3n) is 4.40. The van der Waals surface area contributed by atoms with Crippen molar-refractivity contribution >= 4 is 0 Å². The molecule has 1 fully saturated rings. The van der Waals surface area contributed by atoms with E-state index in [1.807, 2.05) is 6.20 Å². The van der Waals surface area contributed by atoms with Crippen LogP contribution in [0.15, 0.2) is 42.7 Å². The molecule has 1 aliphatic heterocycles. The molecule has 2 aromatic rings. The predicted octanol–water partition coefficient (Wildman–Crippen LogP) is 2.18. The van der Waals surface area contributed by atoms with Gasteiger partial charge in [-0.15, -0.1) is 0 Å². The Morgan fingerprint density at radius 1 is 1.39 bits per heavy atom. The Hall–Kier alpha value is -1.69. The third-order valence-corrected chi connectivity index (χ3v) is 4.40. The molecule has 5 heteroatoms. The van der Waals surface area contributed by atoms with Crippen molar-refractivity contribution in [1.82, 2.24) is 20.2 Å². The van der Waals surface area contributed by atoms with E-state index in [4.69, 9.17) is 4.74 Å². The Bertz CT molecular complexity index is 558. The number of benzene rings is 1.